The maximum Gasteiger partial charge on any atom is 0.183 e. The number of hydrogen-bond donors (Lipinski definition) is 3. The summed E-state index contributed by atoms with van der Waals surface area (Å²) < 4.78 is 6.13. The zero-order chi connectivity index (χ0) is 22.9. The van der Waals surface area contributed by atoms with E-state index in [-0.39, 0.29) is 16.9 Å². The molecule has 3 unspecified atom stereocenters. The summed E-state index contributed by atoms with van der Waals surface area (Å²) in [6, 6.07) is 0. The van der Waals surface area contributed by atoms with E-state index in [1.54, 1.807) is 0 Å². The molecule has 182 valence electrons. The highest BCUT2D eigenvalue weighted by molar-refractivity contribution is 6.69. The zero-order valence-corrected chi connectivity index (χ0v) is 21.9. The van der Waals surface area contributed by atoms with Crippen LogP contribution in [0.15, 0.2) is 0 Å². The molecule has 6 aliphatic rings. The van der Waals surface area contributed by atoms with Crippen LogP contribution in [0.2, 0.25) is 19.6 Å². The van der Waals surface area contributed by atoms with Crippen molar-refractivity contribution in [3.63, 3.8) is 0 Å². The van der Waals surface area contributed by atoms with Crippen molar-refractivity contribution < 1.29 is 19.7 Å². The Balaban J connectivity index is 1.27. The van der Waals surface area contributed by atoms with Gasteiger partial charge in [0, 0.05) is 13.0 Å². The Morgan fingerprint density at radius 2 is 1.59 bits per heavy atom. The van der Waals surface area contributed by atoms with Gasteiger partial charge in [-0.2, -0.15) is 0 Å². The van der Waals surface area contributed by atoms with E-state index in [9.17, 15) is 15.3 Å². The Morgan fingerprint density at radius 1 is 0.906 bits per heavy atom. The van der Waals surface area contributed by atoms with Crippen LogP contribution in [0.4, 0.5) is 0 Å². The van der Waals surface area contributed by atoms with Crippen LogP contribution >= 0.6 is 0 Å². The van der Waals surface area contributed by atoms with Crippen molar-refractivity contribution in [1.29, 1.82) is 0 Å². The SMILES string of the molecule is C[C@]12CCC3C(C1[C@@H]1C[C@@H]1[C@@]2(O)CCCO[Si](C)(C)C)[C@H]1C[C@H]1[C@]1(O)C[C@@H](O)CC[C@]31C. The predicted molar refractivity (Wildman–Crippen MR) is 127 cm³/mol. The second kappa shape index (κ2) is 6.63. The smallest absolute Gasteiger partial charge is 0.183 e. The highest BCUT2D eigenvalue weighted by Gasteiger charge is 2.81. The van der Waals surface area contributed by atoms with Crippen LogP contribution in [-0.4, -0.2) is 47.5 Å². The van der Waals surface area contributed by atoms with Crippen molar-refractivity contribution in [2.45, 2.75) is 109 Å². The molecule has 0 radical (unpaired) electrons. The van der Waals surface area contributed by atoms with Crippen molar-refractivity contribution in [2.75, 3.05) is 6.61 Å². The normalized spacial score (nSPS) is 60.0. The minimum atomic E-state index is -1.51. The average molecular weight is 463 g/mol. The molecule has 6 rings (SSSR count). The first-order valence-corrected chi connectivity index (χ1v) is 17.0. The second-order valence-corrected chi connectivity index (χ2v) is 18.9. The van der Waals surface area contributed by atoms with Gasteiger partial charge in [0.2, 0.25) is 0 Å². The van der Waals surface area contributed by atoms with Crippen molar-refractivity contribution >= 4 is 8.32 Å². The molecule has 0 bridgehead atoms. The molecular weight excluding hydrogens is 416 g/mol. The van der Waals surface area contributed by atoms with Crippen LogP contribution in [0.1, 0.15) is 71.6 Å². The molecule has 0 spiro atoms. The molecule has 0 heterocycles. The fraction of sp³-hybridized carbons (Fsp3) is 1.00. The third-order valence-corrected chi connectivity index (χ3v) is 13.1. The lowest BCUT2D eigenvalue weighted by molar-refractivity contribution is -0.237. The Morgan fingerprint density at radius 3 is 2.31 bits per heavy atom. The first-order chi connectivity index (χ1) is 14.9. The van der Waals surface area contributed by atoms with Gasteiger partial charge in [0.25, 0.3) is 0 Å². The molecule has 6 saturated carbocycles. The molecule has 5 heteroatoms. The van der Waals surface area contributed by atoms with Gasteiger partial charge in [-0.1, -0.05) is 13.8 Å². The molecule has 32 heavy (non-hydrogen) atoms. The third kappa shape index (κ3) is 2.75. The van der Waals surface area contributed by atoms with E-state index in [0.29, 0.717) is 47.8 Å². The topological polar surface area (TPSA) is 69.9 Å². The molecule has 0 aromatic heterocycles. The molecule has 0 aromatic carbocycles. The van der Waals surface area contributed by atoms with Crippen LogP contribution in [0.5, 0.6) is 0 Å². The van der Waals surface area contributed by atoms with Gasteiger partial charge in [-0.25, -0.2) is 0 Å². The average Bonchev–Trinajstić information content (AvgIpc) is 3.59. The van der Waals surface area contributed by atoms with Gasteiger partial charge >= 0.3 is 0 Å². The first kappa shape index (κ1) is 22.5. The number of rotatable bonds is 5. The lowest BCUT2D eigenvalue weighted by Crippen LogP contribution is -2.65. The van der Waals surface area contributed by atoms with E-state index < -0.39 is 19.5 Å². The Hall–Kier alpha value is 0.0569. The van der Waals surface area contributed by atoms with Crippen LogP contribution in [0, 0.1) is 52.3 Å². The fourth-order valence-corrected chi connectivity index (χ4v) is 11.2. The lowest BCUT2D eigenvalue weighted by atomic mass is 9.42. The monoisotopic (exact) mass is 462 g/mol. The molecule has 4 nitrogen and oxygen atoms in total. The summed E-state index contributed by atoms with van der Waals surface area (Å²) in [5.74, 6) is 4.02. The largest absolute Gasteiger partial charge is 0.418 e. The maximum absolute atomic E-state index is 12.2. The van der Waals surface area contributed by atoms with E-state index in [4.69, 9.17) is 4.43 Å². The number of hydrogen-bond acceptors (Lipinski definition) is 4. The summed E-state index contributed by atoms with van der Waals surface area (Å²) >= 11 is 0. The molecule has 0 saturated heterocycles. The van der Waals surface area contributed by atoms with Gasteiger partial charge in [-0.3, -0.25) is 0 Å². The summed E-state index contributed by atoms with van der Waals surface area (Å²) in [6.45, 7) is 12.3. The standard InChI is InChI=1S/C27H46O4Si/c1-24-10-7-16(28)15-27(24,30)20-13-17(20)22-19(24)8-11-25(2)23(22)18-14-21(18)26(25,29)9-6-12-31-32(3,4)5/h16-23,28-30H,6-15H2,1-5H3/t16-,17-,18+,19?,20+,21-,22?,23?,24+,25-,26-,27+/m0/s1. The van der Waals surface area contributed by atoms with E-state index in [0.717, 1.165) is 51.6 Å². The molecular formula is C27H46O4Si. The fourth-order valence-electron chi connectivity index (χ4n) is 10.5. The summed E-state index contributed by atoms with van der Waals surface area (Å²) in [6.07, 6.45) is 8.53. The Kier molecular flexibility index (Phi) is 4.66. The summed E-state index contributed by atoms with van der Waals surface area (Å²) in [5, 5.41) is 34.6. The summed E-state index contributed by atoms with van der Waals surface area (Å²) in [5.41, 5.74) is -1.24. The second-order valence-electron chi connectivity index (χ2n) is 14.4. The predicted octanol–water partition coefficient (Wildman–Crippen LogP) is 4.58. The minimum Gasteiger partial charge on any atom is -0.418 e. The quantitative estimate of drug-likeness (QED) is 0.413. The highest BCUT2D eigenvalue weighted by Crippen LogP contribution is 2.82. The van der Waals surface area contributed by atoms with E-state index in [1.165, 1.54) is 6.42 Å². The molecule has 0 aliphatic heterocycles. The summed E-state index contributed by atoms with van der Waals surface area (Å²) in [7, 11) is -1.51. The van der Waals surface area contributed by atoms with Gasteiger partial charge < -0.3 is 19.7 Å². The minimum absolute atomic E-state index is 0.0219. The van der Waals surface area contributed by atoms with Gasteiger partial charge in [0.1, 0.15) is 0 Å². The van der Waals surface area contributed by atoms with Gasteiger partial charge in [0.15, 0.2) is 8.32 Å². The van der Waals surface area contributed by atoms with Crippen LogP contribution in [-0.2, 0) is 4.43 Å². The first-order valence-electron chi connectivity index (χ1n) is 13.6. The molecule has 0 amide bonds. The zero-order valence-electron chi connectivity index (χ0n) is 20.9. The lowest BCUT2D eigenvalue weighted by Gasteiger charge is -2.64. The van der Waals surface area contributed by atoms with Crippen LogP contribution in [0.25, 0.3) is 0 Å². The Bertz CT molecular complexity index is 797. The van der Waals surface area contributed by atoms with E-state index in [2.05, 4.69) is 33.5 Å². The van der Waals surface area contributed by atoms with Crippen molar-refractivity contribution in [1.82, 2.24) is 0 Å². The van der Waals surface area contributed by atoms with Crippen LogP contribution < -0.4 is 0 Å². The third-order valence-electron chi connectivity index (χ3n) is 12.0. The molecule has 6 aliphatic carbocycles. The highest BCUT2D eigenvalue weighted by atomic mass is 28.4. The van der Waals surface area contributed by atoms with Crippen LogP contribution in [0.3, 0.4) is 0 Å². The molecule has 3 N–H and O–H groups in total. The number of fused-ring (bicyclic) bond motifs is 10. The van der Waals surface area contributed by atoms with Crippen molar-refractivity contribution in [3.8, 4) is 0 Å². The Labute approximate surface area is 195 Å². The van der Waals surface area contributed by atoms with Gasteiger partial charge in [-0.05, 0) is 123 Å². The maximum atomic E-state index is 12.2. The number of aliphatic hydroxyl groups is 3. The van der Waals surface area contributed by atoms with Crippen molar-refractivity contribution in [3.05, 3.63) is 0 Å². The molecule has 6 fully saturated rings. The summed E-state index contributed by atoms with van der Waals surface area (Å²) in [4.78, 5) is 0. The van der Waals surface area contributed by atoms with E-state index in [1.807, 2.05) is 0 Å². The molecule has 0 aromatic rings. The van der Waals surface area contributed by atoms with Gasteiger partial charge in [-0.15, -0.1) is 0 Å². The van der Waals surface area contributed by atoms with Gasteiger partial charge in [0.05, 0.1) is 17.3 Å². The van der Waals surface area contributed by atoms with Crippen molar-refractivity contribution in [2.24, 2.45) is 52.3 Å². The van der Waals surface area contributed by atoms with E-state index >= 15 is 0 Å². The molecule has 12 atom stereocenters. The number of aliphatic hydroxyl groups excluding tert-OH is 1.